The molecule has 3 rings (SSSR count). The normalized spacial score (nSPS) is 15.8. The summed E-state index contributed by atoms with van der Waals surface area (Å²) in [6, 6.07) is 9.78. The molecule has 132 valence electrons. The molecule has 1 saturated heterocycles. The van der Waals surface area contributed by atoms with E-state index in [1.54, 1.807) is 13.2 Å². The monoisotopic (exact) mass is 339 g/mol. The van der Waals surface area contributed by atoms with E-state index in [1.165, 1.54) is 5.56 Å². The summed E-state index contributed by atoms with van der Waals surface area (Å²) in [5.74, 6) is 0.897. The second-order valence-corrected chi connectivity index (χ2v) is 6.51. The molecule has 0 saturated carbocycles. The van der Waals surface area contributed by atoms with Crippen LogP contribution in [0.15, 0.2) is 42.7 Å². The van der Waals surface area contributed by atoms with Crippen LogP contribution < -0.4 is 10.1 Å². The van der Waals surface area contributed by atoms with Crippen LogP contribution in [0.3, 0.4) is 0 Å². The predicted octanol–water partition coefficient (Wildman–Crippen LogP) is 2.79. The van der Waals surface area contributed by atoms with Crippen molar-refractivity contribution in [1.29, 1.82) is 0 Å². The fourth-order valence-electron chi connectivity index (χ4n) is 3.17. The Morgan fingerprint density at radius 2 is 2.12 bits per heavy atom. The number of pyridine rings is 1. The van der Waals surface area contributed by atoms with Crippen LogP contribution in [0.5, 0.6) is 5.75 Å². The Morgan fingerprint density at radius 3 is 2.84 bits per heavy atom. The summed E-state index contributed by atoms with van der Waals surface area (Å²) in [6.45, 7) is 4.89. The van der Waals surface area contributed by atoms with Gasteiger partial charge in [-0.15, -0.1) is 0 Å². The summed E-state index contributed by atoms with van der Waals surface area (Å²) in [7, 11) is 1.66. The van der Waals surface area contributed by atoms with E-state index in [9.17, 15) is 4.79 Å². The van der Waals surface area contributed by atoms with E-state index in [1.807, 2.05) is 37.4 Å². The highest BCUT2D eigenvalue weighted by Crippen LogP contribution is 2.22. The van der Waals surface area contributed by atoms with E-state index in [-0.39, 0.29) is 12.0 Å². The molecule has 0 atom stereocenters. The molecule has 5 nitrogen and oxygen atoms in total. The second kappa shape index (κ2) is 8.12. The molecule has 1 fully saturated rings. The van der Waals surface area contributed by atoms with Crippen LogP contribution in [0.25, 0.3) is 0 Å². The highest BCUT2D eigenvalue weighted by molar-refractivity contribution is 5.94. The Hall–Kier alpha value is -2.40. The number of nitrogens with one attached hydrogen (secondary N) is 1. The topological polar surface area (TPSA) is 54.5 Å². The van der Waals surface area contributed by atoms with E-state index in [0.29, 0.717) is 5.56 Å². The largest absolute Gasteiger partial charge is 0.490 e. The number of hydrogen-bond acceptors (Lipinski definition) is 4. The maximum atomic E-state index is 11.8. The minimum Gasteiger partial charge on any atom is -0.490 e. The summed E-state index contributed by atoms with van der Waals surface area (Å²) < 4.78 is 6.13. The number of aromatic nitrogens is 1. The van der Waals surface area contributed by atoms with Crippen molar-refractivity contribution < 1.29 is 9.53 Å². The molecule has 2 heterocycles. The Morgan fingerprint density at radius 1 is 1.32 bits per heavy atom. The number of aryl methyl sites for hydroxylation is 1. The molecule has 1 N–H and O–H groups in total. The molecule has 0 radical (unpaired) electrons. The molecule has 0 unspecified atom stereocenters. The van der Waals surface area contributed by atoms with Crippen molar-refractivity contribution in [2.24, 2.45) is 0 Å². The number of likely N-dealkylation sites (tertiary alicyclic amines) is 1. The summed E-state index contributed by atoms with van der Waals surface area (Å²) in [5.41, 5.74) is 2.97. The van der Waals surface area contributed by atoms with Gasteiger partial charge in [0.25, 0.3) is 5.91 Å². The van der Waals surface area contributed by atoms with Gasteiger partial charge in [-0.1, -0.05) is 12.1 Å². The van der Waals surface area contributed by atoms with Gasteiger partial charge in [0.2, 0.25) is 0 Å². The van der Waals surface area contributed by atoms with E-state index in [0.717, 1.165) is 43.8 Å². The zero-order valence-electron chi connectivity index (χ0n) is 14.9. The average molecular weight is 339 g/mol. The molecule has 1 aliphatic heterocycles. The van der Waals surface area contributed by atoms with Gasteiger partial charge in [0.05, 0.1) is 0 Å². The maximum absolute atomic E-state index is 11.8. The molecule has 0 aliphatic carbocycles. The van der Waals surface area contributed by atoms with Gasteiger partial charge in [-0.05, 0) is 43.5 Å². The third-order valence-corrected chi connectivity index (χ3v) is 4.62. The zero-order chi connectivity index (χ0) is 17.6. The number of hydrogen-bond donors (Lipinski definition) is 1. The molecular weight excluding hydrogens is 314 g/mol. The smallest absolute Gasteiger partial charge is 0.251 e. The van der Waals surface area contributed by atoms with E-state index >= 15 is 0 Å². The van der Waals surface area contributed by atoms with Crippen molar-refractivity contribution >= 4 is 5.91 Å². The van der Waals surface area contributed by atoms with Crippen LogP contribution in [-0.4, -0.2) is 42.0 Å². The van der Waals surface area contributed by atoms with Crippen LogP contribution in [-0.2, 0) is 6.54 Å². The lowest BCUT2D eigenvalue weighted by Crippen LogP contribution is -2.37. The highest BCUT2D eigenvalue weighted by atomic mass is 16.5. The van der Waals surface area contributed by atoms with Crippen molar-refractivity contribution in [1.82, 2.24) is 15.2 Å². The van der Waals surface area contributed by atoms with Gasteiger partial charge in [-0.25, -0.2) is 0 Å². The van der Waals surface area contributed by atoms with Crippen LogP contribution in [0.1, 0.15) is 34.3 Å². The Bertz CT molecular complexity index is 724. The van der Waals surface area contributed by atoms with Crippen molar-refractivity contribution in [2.75, 3.05) is 20.1 Å². The fourth-order valence-corrected chi connectivity index (χ4v) is 3.17. The first-order valence-electron chi connectivity index (χ1n) is 8.76. The lowest BCUT2D eigenvalue weighted by atomic mass is 10.1. The number of ether oxygens (including phenoxy) is 1. The second-order valence-electron chi connectivity index (χ2n) is 6.51. The standard InChI is InChI=1S/C20H25N3O2/c1-15-13-22-9-6-19(15)25-18-7-10-23(11-8-18)14-16-4-3-5-17(12-16)20(24)21-2/h3-6,9,12-13,18H,7-8,10-11,14H2,1-2H3,(H,21,24). The quantitative estimate of drug-likeness (QED) is 0.910. The van der Waals surface area contributed by atoms with Gasteiger partial charge in [-0.3, -0.25) is 14.7 Å². The first-order valence-corrected chi connectivity index (χ1v) is 8.76. The molecule has 0 bridgehead atoms. The van der Waals surface area contributed by atoms with Gasteiger partial charge in [-0.2, -0.15) is 0 Å². The van der Waals surface area contributed by atoms with E-state index < -0.39 is 0 Å². The number of carbonyl (C=O) groups is 1. The summed E-state index contributed by atoms with van der Waals surface area (Å²) in [6.07, 6.45) is 5.89. The van der Waals surface area contributed by atoms with Crippen LogP contribution in [0, 0.1) is 6.92 Å². The van der Waals surface area contributed by atoms with Crippen molar-refractivity contribution in [3.8, 4) is 5.75 Å². The number of carbonyl (C=O) groups excluding carboxylic acids is 1. The Labute approximate surface area is 149 Å². The van der Waals surface area contributed by atoms with Gasteiger partial charge < -0.3 is 10.1 Å². The number of nitrogens with zero attached hydrogens (tertiary/aromatic N) is 2. The molecule has 1 aromatic carbocycles. The maximum Gasteiger partial charge on any atom is 0.251 e. The molecule has 0 spiro atoms. The molecule has 1 amide bonds. The lowest BCUT2D eigenvalue weighted by molar-refractivity contribution is 0.0956. The van der Waals surface area contributed by atoms with Crippen LogP contribution >= 0.6 is 0 Å². The fraction of sp³-hybridized carbons (Fsp3) is 0.400. The van der Waals surface area contributed by atoms with E-state index in [4.69, 9.17) is 4.74 Å². The Kier molecular flexibility index (Phi) is 5.66. The van der Waals surface area contributed by atoms with Gasteiger partial charge >= 0.3 is 0 Å². The van der Waals surface area contributed by atoms with Crippen molar-refractivity contribution in [3.63, 3.8) is 0 Å². The molecule has 25 heavy (non-hydrogen) atoms. The number of benzene rings is 1. The lowest BCUT2D eigenvalue weighted by Gasteiger charge is -2.32. The number of amides is 1. The highest BCUT2D eigenvalue weighted by Gasteiger charge is 2.21. The minimum atomic E-state index is -0.0401. The number of piperidine rings is 1. The SMILES string of the molecule is CNC(=O)c1cccc(CN2CCC(Oc3ccncc3C)CC2)c1. The molecule has 1 aliphatic rings. The zero-order valence-corrected chi connectivity index (χ0v) is 14.9. The van der Waals surface area contributed by atoms with Gasteiger partial charge in [0, 0.05) is 50.2 Å². The van der Waals surface area contributed by atoms with Crippen molar-refractivity contribution in [3.05, 3.63) is 59.4 Å². The van der Waals surface area contributed by atoms with E-state index in [2.05, 4.69) is 21.3 Å². The number of rotatable bonds is 5. The molecule has 5 heteroatoms. The predicted molar refractivity (Wildman–Crippen MR) is 97.7 cm³/mol. The molecule has 2 aromatic rings. The Balaban J connectivity index is 1.53. The summed E-state index contributed by atoms with van der Waals surface area (Å²) in [4.78, 5) is 18.3. The molecule has 1 aromatic heterocycles. The first kappa shape index (κ1) is 17.4. The molecular formula is C20H25N3O2. The summed E-state index contributed by atoms with van der Waals surface area (Å²) >= 11 is 0. The van der Waals surface area contributed by atoms with Crippen molar-refractivity contribution in [2.45, 2.75) is 32.4 Å². The first-order chi connectivity index (χ1) is 12.2. The third-order valence-electron chi connectivity index (χ3n) is 4.62. The van der Waals surface area contributed by atoms with Gasteiger partial charge in [0.15, 0.2) is 0 Å². The third kappa shape index (κ3) is 4.57. The van der Waals surface area contributed by atoms with Gasteiger partial charge in [0.1, 0.15) is 11.9 Å². The van der Waals surface area contributed by atoms with Crippen LogP contribution in [0.4, 0.5) is 0 Å². The summed E-state index contributed by atoms with van der Waals surface area (Å²) in [5, 5.41) is 2.67. The minimum absolute atomic E-state index is 0.0401. The van der Waals surface area contributed by atoms with Crippen LogP contribution in [0.2, 0.25) is 0 Å². The average Bonchev–Trinajstić information content (AvgIpc) is 2.65.